The van der Waals surface area contributed by atoms with Crippen LogP contribution in [0.4, 0.5) is 0 Å². The van der Waals surface area contributed by atoms with Crippen LogP contribution in [-0.2, 0) is 11.4 Å². The smallest absolute Gasteiger partial charge is 0.259 e. The minimum absolute atomic E-state index is 0.183. The number of hydrazone groups is 1. The summed E-state index contributed by atoms with van der Waals surface area (Å²) in [4.78, 5) is 24.4. The van der Waals surface area contributed by atoms with Crippen LogP contribution in [-0.4, -0.2) is 38.8 Å². The highest BCUT2D eigenvalue weighted by Crippen LogP contribution is 2.37. The Morgan fingerprint density at radius 3 is 2.53 bits per heavy atom. The Kier molecular flexibility index (Phi) is 9.42. The molecule has 9 nitrogen and oxygen atoms in total. The zero-order chi connectivity index (χ0) is 25.9. The third-order valence-electron chi connectivity index (χ3n) is 4.93. The first-order valence-corrected chi connectivity index (χ1v) is 11.5. The fourth-order valence-corrected chi connectivity index (χ4v) is 3.74. The molecule has 2 N–H and O–H groups in total. The predicted octanol–water partition coefficient (Wildman–Crippen LogP) is 3.80. The summed E-state index contributed by atoms with van der Waals surface area (Å²) >= 11 is 3.47. The van der Waals surface area contributed by atoms with Crippen LogP contribution >= 0.6 is 15.9 Å². The van der Waals surface area contributed by atoms with Crippen molar-refractivity contribution in [1.82, 2.24) is 10.7 Å². The molecule has 0 aromatic heterocycles. The summed E-state index contributed by atoms with van der Waals surface area (Å²) in [5, 5.41) is 15.7. The minimum atomic E-state index is -0.503. The SMILES string of the molecule is COc1ccccc1C(=O)NCC(=O)NN=Cc1cc(Br)c(OCc2ccccc2C#N)c(OC)c1. The van der Waals surface area contributed by atoms with Gasteiger partial charge in [0.1, 0.15) is 12.4 Å². The van der Waals surface area contributed by atoms with Gasteiger partial charge in [-0.25, -0.2) is 5.43 Å². The van der Waals surface area contributed by atoms with Crippen molar-refractivity contribution in [3.05, 3.63) is 87.4 Å². The van der Waals surface area contributed by atoms with Gasteiger partial charge < -0.3 is 19.5 Å². The van der Waals surface area contributed by atoms with E-state index in [1.165, 1.54) is 20.4 Å². The maximum Gasteiger partial charge on any atom is 0.259 e. The number of carbonyl (C=O) groups excluding carboxylic acids is 2. The van der Waals surface area contributed by atoms with Gasteiger partial charge in [-0.3, -0.25) is 9.59 Å². The second-order valence-electron chi connectivity index (χ2n) is 7.27. The molecule has 3 aromatic carbocycles. The minimum Gasteiger partial charge on any atom is -0.496 e. The van der Waals surface area contributed by atoms with Gasteiger partial charge >= 0.3 is 0 Å². The monoisotopic (exact) mass is 550 g/mol. The molecule has 0 radical (unpaired) electrons. The maximum absolute atomic E-state index is 12.3. The van der Waals surface area contributed by atoms with Gasteiger partial charge in [-0.05, 0) is 51.8 Å². The molecule has 0 saturated carbocycles. The Morgan fingerprint density at radius 2 is 1.78 bits per heavy atom. The molecule has 3 aromatic rings. The molecule has 0 aliphatic carbocycles. The average molecular weight is 551 g/mol. The molecule has 0 atom stereocenters. The normalized spacial score (nSPS) is 10.4. The molecule has 0 heterocycles. The quantitative estimate of drug-likeness (QED) is 0.292. The number of halogens is 1. The number of hydrogen-bond donors (Lipinski definition) is 2. The number of carbonyl (C=O) groups is 2. The van der Waals surface area contributed by atoms with Crippen molar-refractivity contribution in [3.8, 4) is 23.3 Å². The number of nitrogens with one attached hydrogen (secondary N) is 2. The van der Waals surface area contributed by atoms with Crippen molar-refractivity contribution in [1.29, 1.82) is 5.26 Å². The summed E-state index contributed by atoms with van der Waals surface area (Å²) in [5.41, 5.74) is 4.60. The molecule has 0 aliphatic rings. The topological polar surface area (TPSA) is 122 Å². The number of hydrogen-bond acceptors (Lipinski definition) is 7. The first kappa shape index (κ1) is 26.2. The van der Waals surface area contributed by atoms with Crippen molar-refractivity contribution >= 4 is 34.0 Å². The van der Waals surface area contributed by atoms with E-state index < -0.39 is 11.8 Å². The van der Waals surface area contributed by atoms with Crippen LogP contribution in [0.25, 0.3) is 0 Å². The highest BCUT2D eigenvalue weighted by molar-refractivity contribution is 9.10. The number of amides is 2. The highest BCUT2D eigenvalue weighted by atomic mass is 79.9. The van der Waals surface area contributed by atoms with Crippen LogP contribution in [0.2, 0.25) is 0 Å². The van der Waals surface area contributed by atoms with Crippen LogP contribution in [0.1, 0.15) is 27.0 Å². The molecule has 0 bridgehead atoms. The molecule has 0 unspecified atom stereocenters. The fourth-order valence-electron chi connectivity index (χ4n) is 3.17. The molecule has 3 rings (SSSR count). The molecule has 0 aliphatic heterocycles. The van der Waals surface area contributed by atoms with E-state index in [4.69, 9.17) is 14.2 Å². The van der Waals surface area contributed by atoms with Gasteiger partial charge in [-0.2, -0.15) is 10.4 Å². The number of ether oxygens (including phenoxy) is 3. The van der Waals surface area contributed by atoms with Crippen molar-refractivity contribution in [2.75, 3.05) is 20.8 Å². The Bertz CT molecular complexity index is 1320. The van der Waals surface area contributed by atoms with Crippen LogP contribution in [0.5, 0.6) is 17.2 Å². The summed E-state index contributed by atoms with van der Waals surface area (Å²) in [5.74, 6) is 0.376. The highest BCUT2D eigenvalue weighted by Gasteiger charge is 2.14. The summed E-state index contributed by atoms with van der Waals surface area (Å²) in [7, 11) is 2.97. The number of methoxy groups -OCH3 is 2. The zero-order valence-corrected chi connectivity index (χ0v) is 21.2. The van der Waals surface area contributed by atoms with Crippen molar-refractivity contribution in [3.63, 3.8) is 0 Å². The predicted molar refractivity (Wildman–Crippen MR) is 137 cm³/mol. The van der Waals surface area contributed by atoms with E-state index in [1.54, 1.807) is 48.5 Å². The second-order valence-corrected chi connectivity index (χ2v) is 8.12. The standard InChI is InChI=1S/C26H23BrN4O5/c1-34-22-10-6-5-9-20(22)26(33)29-15-24(32)31-30-14-17-11-21(27)25(23(12-17)35-2)36-16-19-8-4-3-7-18(19)13-28/h3-12,14H,15-16H2,1-2H3,(H,29,33)(H,31,32). The summed E-state index contributed by atoms with van der Waals surface area (Å²) < 4.78 is 17.1. The Hall–Kier alpha value is -4.36. The van der Waals surface area contributed by atoms with Gasteiger partial charge in [-0.1, -0.05) is 30.3 Å². The van der Waals surface area contributed by atoms with Gasteiger partial charge in [0, 0.05) is 5.56 Å². The van der Waals surface area contributed by atoms with Crippen molar-refractivity contribution < 1.29 is 23.8 Å². The lowest BCUT2D eigenvalue weighted by Crippen LogP contribution is -2.35. The van der Waals surface area contributed by atoms with Gasteiger partial charge in [0.2, 0.25) is 0 Å². The third-order valence-corrected chi connectivity index (χ3v) is 5.51. The van der Waals surface area contributed by atoms with Gasteiger partial charge in [0.05, 0.1) is 48.6 Å². The van der Waals surface area contributed by atoms with E-state index in [1.807, 2.05) is 12.1 Å². The Balaban J connectivity index is 1.59. The lowest BCUT2D eigenvalue weighted by molar-refractivity contribution is -0.120. The summed E-state index contributed by atoms with van der Waals surface area (Å²) in [6.07, 6.45) is 1.43. The van der Waals surface area contributed by atoms with E-state index in [0.29, 0.717) is 38.4 Å². The van der Waals surface area contributed by atoms with Gasteiger partial charge in [0.15, 0.2) is 11.5 Å². The van der Waals surface area contributed by atoms with Crippen LogP contribution in [0.15, 0.2) is 70.2 Å². The van der Waals surface area contributed by atoms with E-state index in [-0.39, 0.29) is 13.2 Å². The summed E-state index contributed by atoms with van der Waals surface area (Å²) in [6.45, 7) is -0.0824. The largest absolute Gasteiger partial charge is 0.496 e. The van der Waals surface area contributed by atoms with Crippen LogP contribution < -0.4 is 25.0 Å². The van der Waals surface area contributed by atoms with Crippen LogP contribution in [0, 0.1) is 11.3 Å². The number of nitrogens with zero attached hydrogens (tertiary/aromatic N) is 2. The first-order chi connectivity index (χ1) is 17.5. The lowest BCUT2D eigenvalue weighted by atomic mass is 10.1. The molecule has 184 valence electrons. The van der Waals surface area contributed by atoms with Gasteiger partial charge in [0.25, 0.3) is 11.8 Å². The van der Waals surface area contributed by atoms with Crippen molar-refractivity contribution in [2.24, 2.45) is 5.10 Å². The van der Waals surface area contributed by atoms with E-state index in [0.717, 1.165) is 5.56 Å². The Morgan fingerprint density at radius 1 is 1.06 bits per heavy atom. The fraction of sp³-hybridized carbons (Fsp3) is 0.154. The molecule has 10 heteroatoms. The molecule has 0 saturated heterocycles. The molecule has 2 amide bonds. The molecular formula is C26H23BrN4O5. The zero-order valence-electron chi connectivity index (χ0n) is 19.6. The number of benzene rings is 3. The number of rotatable bonds is 10. The van der Waals surface area contributed by atoms with Gasteiger partial charge in [-0.15, -0.1) is 0 Å². The average Bonchev–Trinajstić information content (AvgIpc) is 2.90. The lowest BCUT2D eigenvalue weighted by Gasteiger charge is -2.14. The molecule has 0 spiro atoms. The maximum atomic E-state index is 12.3. The van der Waals surface area contributed by atoms with E-state index >= 15 is 0 Å². The molecule has 36 heavy (non-hydrogen) atoms. The van der Waals surface area contributed by atoms with E-state index in [2.05, 4.69) is 37.8 Å². The number of para-hydroxylation sites is 1. The third kappa shape index (κ3) is 6.84. The van der Waals surface area contributed by atoms with E-state index in [9.17, 15) is 14.9 Å². The summed E-state index contributed by atoms with van der Waals surface area (Å²) in [6, 6.07) is 19.5. The Labute approximate surface area is 216 Å². The number of nitriles is 1. The van der Waals surface area contributed by atoms with Crippen LogP contribution in [0.3, 0.4) is 0 Å². The van der Waals surface area contributed by atoms with Crippen molar-refractivity contribution in [2.45, 2.75) is 6.61 Å². The first-order valence-electron chi connectivity index (χ1n) is 10.7. The molecule has 0 fully saturated rings. The molecular weight excluding hydrogens is 528 g/mol. The second kappa shape index (κ2) is 12.9.